The standard InChI is InChI=1S/C16H23F3N4/c1-12-2-4-13(5-3-12)22-8-10-23(11-9-22)15-20-7-6-14(21-15)16(17,18)19/h6-7,12-13H,2-5,8-11H2,1H3. The van der Waals surface area contributed by atoms with Crippen LogP contribution in [0, 0.1) is 5.92 Å². The van der Waals surface area contributed by atoms with Gasteiger partial charge in [0.05, 0.1) is 0 Å². The summed E-state index contributed by atoms with van der Waals surface area (Å²) in [5.41, 5.74) is -0.869. The first-order valence-corrected chi connectivity index (χ1v) is 8.33. The third-order valence-electron chi connectivity index (χ3n) is 5.03. The highest BCUT2D eigenvalue weighted by molar-refractivity contribution is 5.31. The lowest BCUT2D eigenvalue weighted by atomic mass is 9.86. The van der Waals surface area contributed by atoms with Crippen molar-refractivity contribution >= 4 is 5.95 Å². The number of hydrogen-bond acceptors (Lipinski definition) is 4. The molecule has 1 saturated carbocycles. The van der Waals surface area contributed by atoms with Crippen LogP contribution in [0.1, 0.15) is 38.3 Å². The number of alkyl halides is 3. The highest BCUT2D eigenvalue weighted by atomic mass is 19.4. The molecule has 7 heteroatoms. The molecule has 23 heavy (non-hydrogen) atoms. The number of piperazine rings is 1. The van der Waals surface area contributed by atoms with E-state index in [1.807, 2.05) is 4.90 Å². The molecule has 1 aromatic rings. The summed E-state index contributed by atoms with van der Waals surface area (Å²) in [6, 6.07) is 1.55. The average Bonchev–Trinajstić information content (AvgIpc) is 2.55. The van der Waals surface area contributed by atoms with E-state index in [0.717, 1.165) is 25.1 Å². The number of hydrogen-bond donors (Lipinski definition) is 0. The molecule has 128 valence electrons. The van der Waals surface area contributed by atoms with Crippen molar-refractivity contribution in [3.05, 3.63) is 18.0 Å². The van der Waals surface area contributed by atoms with Gasteiger partial charge in [0.15, 0.2) is 0 Å². The Morgan fingerprint density at radius 2 is 1.70 bits per heavy atom. The van der Waals surface area contributed by atoms with Crippen LogP contribution in [0.3, 0.4) is 0 Å². The van der Waals surface area contributed by atoms with Gasteiger partial charge in [0.2, 0.25) is 5.95 Å². The van der Waals surface area contributed by atoms with Gasteiger partial charge in [-0.05, 0) is 37.7 Å². The van der Waals surface area contributed by atoms with Crippen LogP contribution in [0.2, 0.25) is 0 Å². The third kappa shape index (κ3) is 3.94. The van der Waals surface area contributed by atoms with E-state index in [2.05, 4.69) is 21.8 Å². The fraction of sp³-hybridized carbons (Fsp3) is 0.750. The molecular weight excluding hydrogens is 305 g/mol. The van der Waals surface area contributed by atoms with Crippen LogP contribution >= 0.6 is 0 Å². The lowest BCUT2D eigenvalue weighted by Gasteiger charge is -2.41. The molecule has 0 amide bonds. The fourth-order valence-corrected chi connectivity index (χ4v) is 3.55. The van der Waals surface area contributed by atoms with Gasteiger partial charge in [-0.2, -0.15) is 13.2 Å². The maximum absolute atomic E-state index is 12.8. The Kier molecular flexibility index (Phi) is 4.75. The highest BCUT2D eigenvalue weighted by Crippen LogP contribution is 2.30. The summed E-state index contributed by atoms with van der Waals surface area (Å²) in [7, 11) is 0. The Hall–Kier alpha value is -1.37. The second-order valence-electron chi connectivity index (χ2n) is 6.68. The first-order valence-electron chi connectivity index (χ1n) is 8.33. The average molecular weight is 328 g/mol. The topological polar surface area (TPSA) is 32.3 Å². The summed E-state index contributed by atoms with van der Waals surface area (Å²) in [6.45, 7) is 5.43. The summed E-state index contributed by atoms with van der Waals surface area (Å²) in [5.74, 6) is 1.02. The maximum atomic E-state index is 12.8. The largest absolute Gasteiger partial charge is 0.433 e. The van der Waals surface area contributed by atoms with E-state index in [-0.39, 0.29) is 5.95 Å². The van der Waals surface area contributed by atoms with Crippen molar-refractivity contribution in [2.45, 2.75) is 44.8 Å². The van der Waals surface area contributed by atoms with Crippen LogP contribution in [0.25, 0.3) is 0 Å². The molecule has 2 heterocycles. The molecule has 0 bridgehead atoms. The van der Waals surface area contributed by atoms with Gasteiger partial charge in [-0.1, -0.05) is 6.92 Å². The van der Waals surface area contributed by atoms with Crippen LogP contribution < -0.4 is 4.90 Å². The predicted octanol–water partition coefficient (Wildman–Crippen LogP) is 3.20. The van der Waals surface area contributed by atoms with Gasteiger partial charge in [-0.25, -0.2) is 9.97 Å². The Morgan fingerprint density at radius 1 is 1.04 bits per heavy atom. The molecule has 2 aliphatic rings. The molecule has 1 aliphatic carbocycles. The molecule has 0 N–H and O–H groups in total. The second kappa shape index (κ2) is 6.63. The van der Waals surface area contributed by atoms with E-state index in [1.54, 1.807) is 0 Å². The number of anilines is 1. The summed E-state index contributed by atoms with van der Waals surface area (Å²) in [6.07, 6.45) is 1.81. The quantitative estimate of drug-likeness (QED) is 0.834. The molecule has 0 atom stereocenters. The van der Waals surface area contributed by atoms with Gasteiger partial charge in [-0.15, -0.1) is 0 Å². The lowest BCUT2D eigenvalue weighted by Crippen LogP contribution is -2.51. The van der Waals surface area contributed by atoms with E-state index in [0.29, 0.717) is 19.1 Å². The van der Waals surface area contributed by atoms with Crippen LogP contribution in [-0.2, 0) is 6.18 Å². The minimum Gasteiger partial charge on any atom is -0.338 e. The fourth-order valence-electron chi connectivity index (χ4n) is 3.55. The van der Waals surface area contributed by atoms with E-state index in [1.165, 1.54) is 31.9 Å². The van der Waals surface area contributed by atoms with E-state index in [4.69, 9.17) is 0 Å². The molecule has 1 saturated heterocycles. The third-order valence-corrected chi connectivity index (χ3v) is 5.03. The van der Waals surface area contributed by atoms with Gasteiger partial charge in [0, 0.05) is 38.4 Å². The monoisotopic (exact) mass is 328 g/mol. The van der Waals surface area contributed by atoms with Gasteiger partial charge < -0.3 is 4.90 Å². The molecule has 1 aromatic heterocycles. The smallest absolute Gasteiger partial charge is 0.338 e. The lowest BCUT2D eigenvalue weighted by molar-refractivity contribution is -0.141. The maximum Gasteiger partial charge on any atom is 0.433 e. The summed E-state index contributed by atoms with van der Waals surface area (Å²) < 4.78 is 38.3. The summed E-state index contributed by atoms with van der Waals surface area (Å²) in [5, 5.41) is 0. The van der Waals surface area contributed by atoms with Crippen LogP contribution in [0.5, 0.6) is 0 Å². The molecule has 0 spiro atoms. The number of nitrogens with zero attached hydrogens (tertiary/aromatic N) is 4. The zero-order valence-electron chi connectivity index (χ0n) is 13.4. The first-order chi connectivity index (χ1) is 10.9. The number of aromatic nitrogens is 2. The van der Waals surface area contributed by atoms with Crippen LogP contribution in [-0.4, -0.2) is 47.1 Å². The minimum atomic E-state index is -4.42. The van der Waals surface area contributed by atoms with Crippen molar-refractivity contribution in [1.82, 2.24) is 14.9 Å². The normalized spacial score (nSPS) is 27.2. The van der Waals surface area contributed by atoms with Crippen molar-refractivity contribution in [3.8, 4) is 0 Å². The van der Waals surface area contributed by atoms with E-state index in [9.17, 15) is 13.2 Å². The molecule has 0 radical (unpaired) electrons. The van der Waals surface area contributed by atoms with Crippen molar-refractivity contribution in [1.29, 1.82) is 0 Å². The van der Waals surface area contributed by atoms with Crippen LogP contribution in [0.15, 0.2) is 12.3 Å². The zero-order valence-corrected chi connectivity index (χ0v) is 13.4. The first kappa shape index (κ1) is 16.5. The van der Waals surface area contributed by atoms with E-state index >= 15 is 0 Å². The van der Waals surface area contributed by atoms with E-state index < -0.39 is 11.9 Å². The minimum absolute atomic E-state index is 0.191. The van der Waals surface area contributed by atoms with Crippen molar-refractivity contribution in [2.75, 3.05) is 31.1 Å². The molecule has 2 fully saturated rings. The predicted molar refractivity (Wildman–Crippen MR) is 82.2 cm³/mol. The van der Waals surface area contributed by atoms with Gasteiger partial charge >= 0.3 is 6.18 Å². The SMILES string of the molecule is CC1CCC(N2CCN(c3nccc(C(F)(F)F)n3)CC2)CC1. The number of halogens is 3. The van der Waals surface area contributed by atoms with Gasteiger partial charge in [0.25, 0.3) is 0 Å². The molecular formula is C16H23F3N4. The Morgan fingerprint density at radius 3 is 2.30 bits per heavy atom. The number of rotatable bonds is 2. The summed E-state index contributed by atoms with van der Waals surface area (Å²) in [4.78, 5) is 12.0. The summed E-state index contributed by atoms with van der Waals surface area (Å²) >= 11 is 0. The Labute approximate surface area is 134 Å². The molecule has 0 unspecified atom stereocenters. The molecule has 1 aliphatic heterocycles. The Balaban J connectivity index is 1.59. The molecule has 0 aromatic carbocycles. The molecule has 4 nitrogen and oxygen atoms in total. The van der Waals surface area contributed by atoms with Gasteiger partial charge in [-0.3, -0.25) is 4.90 Å². The van der Waals surface area contributed by atoms with Crippen molar-refractivity contribution < 1.29 is 13.2 Å². The van der Waals surface area contributed by atoms with Crippen LogP contribution in [0.4, 0.5) is 19.1 Å². The zero-order chi connectivity index (χ0) is 16.4. The van der Waals surface area contributed by atoms with Crippen molar-refractivity contribution in [3.63, 3.8) is 0 Å². The Bertz CT molecular complexity index is 518. The highest BCUT2D eigenvalue weighted by Gasteiger charge is 2.34. The second-order valence-corrected chi connectivity index (χ2v) is 6.68. The van der Waals surface area contributed by atoms with Gasteiger partial charge in [0.1, 0.15) is 5.69 Å². The van der Waals surface area contributed by atoms with Crippen molar-refractivity contribution in [2.24, 2.45) is 5.92 Å². The molecule has 3 rings (SSSR count).